The number of rotatable bonds is 3. The summed E-state index contributed by atoms with van der Waals surface area (Å²) in [4.78, 5) is 18.6. The van der Waals surface area contributed by atoms with E-state index in [1.165, 1.54) is 17.8 Å². The van der Waals surface area contributed by atoms with E-state index < -0.39 is 9.84 Å². The highest BCUT2D eigenvalue weighted by Gasteiger charge is 2.27. The normalized spacial score (nSPS) is 17.0. The Morgan fingerprint density at radius 3 is 2.80 bits per heavy atom. The maximum atomic E-state index is 12.6. The van der Waals surface area contributed by atoms with Crippen LogP contribution in [0.1, 0.15) is 29.8 Å². The van der Waals surface area contributed by atoms with Crippen molar-refractivity contribution < 1.29 is 13.2 Å². The Morgan fingerprint density at radius 2 is 2.04 bits per heavy atom. The van der Waals surface area contributed by atoms with Gasteiger partial charge in [0.15, 0.2) is 9.84 Å². The van der Waals surface area contributed by atoms with Gasteiger partial charge in [-0.2, -0.15) is 0 Å². The van der Waals surface area contributed by atoms with E-state index in [0.717, 1.165) is 18.2 Å². The topological polar surface area (TPSA) is 79.4 Å². The van der Waals surface area contributed by atoms with Crippen LogP contribution < -0.4 is 5.32 Å². The first-order chi connectivity index (χ1) is 11.9. The van der Waals surface area contributed by atoms with Crippen LogP contribution in [0.2, 0.25) is 0 Å². The van der Waals surface area contributed by atoms with Gasteiger partial charge in [-0.15, -0.1) is 0 Å². The van der Waals surface area contributed by atoms with Crippen molar-refractivity contribution in [1.29, 1.82) is 0 Å². The Hall–Kier alpha value is -2.41. The average Bonchev–Trinajstić information content (AvgIpc) is 2.60. The van der Waals surface area contributed by atoms with Gasteiger partial charge in [0.2, 0.25) is 0 Å². The van der Waals surface area contributed by atoms with Crippen molar-refractivity contribution in [1.82, 2.24) is 15.2 Å². The molecular formula is C18H21N3O3S. The first kappa shape index (κ1) is 17.4. The molecule has 0 spiro atoms. The van der Waals surface area contributed by atoms with Crippen molar-refractivity contribution >= 4 is 15.9 Å². The molecule has 1 unspecified atom stereocenters. The van der Waals surface area contributed by atoms with Gasteiger partial charge in [0.05, 0.1) is 23.2 Å². The lowest BCUT2D eigenvalue weighted by molar-refractivity contribution is 0.174. The van der Waals surface area contributed by atoms with Gasteiger partial charge in [0.1, 0.15) is 0 Å². The Morgan fingerprint density at radius 1 is 1.28 bits per heavy atom. The second kappa shape index (κ2) is 6.84. The van der Waals surface area contributed by atoms with Crippen LogP contribution in [0.4, 0.5) is 4.79 Å². The standard InChI is InChI=1S/C18H21N3O3S/c1-13-15-7-4-3-6-14(15)9-11-21(13)18(22)20-12-16-17(25(2,23)24)8-5-10-19-16/h3-8,10,13H,9,11-12H2,1-2H3,(H,20,22). The van der Waals surface area contributed by atoms with E-state index >= 15 is 0 Å². The van der Waals surface area contributed by atoms with Crippen LogP contribution in [0, 0.1) is 0 Å². The molecule has 1 N–H and O–H groups in total. The van der Waals surface area contributed by atoms with E-state index in [1.54, 1.807) is 11.0 Å². The summed E-state index contributed by atoms with van der Waals surface area (Å²) in [7, 11) is -3.38. The van der Waals surface area contributed by atoms with Crippen LogP contribution >= 0.6 is 0 Å². The molecule has 1 aromatic heterocycles. The van der Waals surface area contributed by atoms with E-state index in [-0.39, 0.29) is 23.5 Å². The van der Waals surface area contributed by atoms with Crippen LogP contribution in [-0.2, 0) is 22.8 Å². The van der Waals surface area contributed by atoms with E-state index in [0.29, 0.717) is 12.2 Å². The minimum absolute atomic E-state index is 0.0249. The summed E-state index contributed by atoms with van der Waals surface area (Å²) in [6, 6.07) is 11.0. The van der Waals surface area contributed by atoms with Gasteiger partial charge in [-0.1, -0.05) is 24.3 Å². The molecule has 3 rings (SSSR count). The largest absolute Gasteiger partial charge is 0.332 e. The van der Waals surface area contributed by atoms with E-state index in [2.05, 4.69) is 16.4 Å². The van der Waals surface area contributed by atoms with Gasteiger partial charge in [-0.05, 0) is 36.6 Å². The number of hydrogen-bond donors (Lipinski definition) is 1. The van der Waals surface area contributed by atoms with E-state index in [9.17, 15) is 13.2 Å². The van der Waals surface area contributed by atoms with Crippen LogP contribution in [0.15, 0.2) is 47.5 Å². The molecule has 0 saturated carbocycles. The molecule has 1 aliphatic heterocycles. The SMILES string of the molecule is CC1c2ccccc2CCN1C(=O)NCc1ncccc1S(C)(=O)=O. The van der Waals surface area contributed by atoms with Crippen LogP contribution in [0.3, 0.4) is 0 Å². The fourth-order valence-electron chi connectivity index (χ4n) is 3.20. The first-order valence-electron chi connectivity index (χ1n) is 8.14. The zero-order chi connectivity index (χ0) is 18.0. The first-order valence-corrected chi connectivity index (χ1v) is 10.0. The predicted molar refractivity (Wildman–Crippen MR) is 94.8 cm³/mol. The second-order valence-electron chi connectivity index (χ2n) is 6.20. The highest BCUT2D eigenvalue weighted by atomic mass is 32.2. The summed E-state index contributed by atoms with van der Waals surface area (Å²) in [6.07, 6.45) is 3.47. The number of nitrogens with zero attached hydrogens (tertiary/aromatic N) is 2. The number of aromatic nitrogens is 1. The number of fused-ring (bicyclic) bond motifs is 1. The third kappa shape index (κ3) is 3.66. The molecule has 2 aromatic rings. The smallest absolute Gasteiger partial charge is 0.318 e. The number of urea groups is 1. The maximum absolute atomic E-state index is 12.6. The molecular weight excluding hydrogens is 338 g/mol. The lowest BCUT2D eigenvalue weighted by atomic mass is 9.94. The third-order valence-electron chi connectivity index (χ3n) is 4.51. The molecule has 0 bridgehead atoms. The van der Waals surface area contributed by atoms with Crippen LogP contribution in [0.5, 0.6) is 0 Å². The van der Waals surface area contributed by atoms with Crippen molar-refractivity contribution in [3.05, 3.63) is 59.4 Å². The molecule has 2 heterocycles. The molecule has 25 heavy (non-hydrogen) atoms. The molecule has 1 aliphatic rings. The number of nitrogens with one attached hydrogen (secondary N) is 1. The van der Waals surface area contributed by atoms with Gasteiger partial charge in [0.25, 0.3) is 0 Å². The summed E-state index contributed by atoms with van der Waals surface area (Å²) in [6.45, 7) is 2.71. The number of pyridine rings is 1. The molecule has 2 amide bonds. The predicted octanol–water partition coefficient (Wildman–Crippen LogP) is 2.31. The van der Waals surface area contributed by atoms with Gasteiger partial charge in [-0.3, -0.25) is 4.98 Å². The average molecular weight is 359 g/mol. The minimum Gasteiger partial charge on any atom is -0.332 e. The number of sulfone groups is 1. The van der Waals surface area contributed by atoms with Gasteiger partial charge >= 0.3 is 6.03 Å². The number of benzene rings is 1. The molecule has 0 saturated heterocycles. The van der Waals surface area contributed by atoms with Gasteiger partial charge in [-0.25, -0.2) is 13.2 Å². The van der Waals surface area contributed by atoms with Crippen molar-refractivity contribution in [2.24, 2.45) is 0 Å². The molecule has 1 aromatic carbocycles. The summed E-state index contributed by atoms with van der Waals surface area (Å²) < 4.78 is 23.7. The molecule has 0 fully saturated rings. The number of amides is 2. The quantitative estimate of drug-likeness (QED) is 0.912. The summed E-state index contributed by atoms with van der Waals surface area (Å²) in [5.74, 6) is 0. The fraction of sp³-hybridized carbons (Fsp3) is 0.333. The highest BCUT2D eigenvalue weighted by molar-refractivity contribution is 7.90. The zero-order valence-electron chi connectivity index (χ0n) is 14.3. The maximum Gasteiger partial charge on any atom is 0.318 e. The summed E-state index contributed by atoms with van der Waals surface area (Å²) in [5, 5.41) is 2.80. The third-order valence-corrected chi connectivity index (χ3v) is 5.68. The Balaban J connectivity index is 1.73. The zero-order valence-corrected chi connectivity index (χ0v) is 15.1. The monoisotopic (exact) mass is 359 g/mol. The van der Waals surface area contributed by atoms with Crippen LogP contribution in [0.25, 0.3) is 0 Å². The Labute approximate surface area is 147 Å². The molecule has 0 aliphatic carbocycles. The van der Waals surface area contributed by atoms with Crippen molar-refractivity contribution in [2.45, 2.75) is 30.8 Å². The van der Waals surface area contributed by atoms with Gasteiger partial charge < -0.3 is 10.2 Å². The Bertz CT molecular complexity index is 896. The summed E-state index contributed by atoms with van der Waals surface area (Å²) >= 11 is 0. The molecule has 6 nitrogen and oxygen atoms in total. The molecule has 1 atom stereocenters. The number of hydrogen-bond acceptors (Lipinski definition) is 4. The van der Waals surface area contributed by atoms with Crippen molar-refractivity contribution in [2.75, 3.05) is 12.8 Å². The Kier molecular flexibility index (Phi) is 4.76. The highest BCUT2D eigenvalue weighted by Crippen LogP contribution is 2.29. The van der Waals surface area contributed by atoms with Gasteiger partial charge in [0, 0.05) is 19.0 Å². The molecule has 0 radical (unpaired) electrons. The van der Waals surface area contributed by atoms with Crippen molar-refractivity contribution in [3.8, 4) is 0 Å². The number of carbonyl (C=O) groups is 1. The molecule has 7 heteroatoms. The summed E-state index contributed by atoms with van der Waals surface area (Å²) in [5.41, 5.74) is 2.77. The number of carbonyl (C=O) groups excluding carboxylic acids is 1. The fourth-order valence-corrected chi connectivity index (χ4v) is 4.08. The minimum atomic E-state index is -3.38. The van der Waals surface area contributed by atoms with Crippen LogP contribution in [-0.4, -0.2) is 37.1 Å². The molecule has 132 valence electrons. The lowest BCUT2D eigenvalue weighted by Crippen LogP contribution is -2.44. The second-order valence-corrected chi connectivity index (χ2v) is 8.18. The lowest BCUT2D eigenvalue weighted by Gasteiger charge is -2.35. The van der Waals surface area contributed by atoms with E-state index in [4.69, 9.17) is 0 Å². The van der Waals surface area contributed by atoms with E-state index in [1.807, 2.05) is 25.1 Å². The van der Waals surface area contributed by atoms with Crippen molar-refractivity contribution in [3.63, 3.8) is 0 Å².